The molecule has 2 aliphatic rings. The Kier molecular flexibility index (Phi) is 5.26. The third kappa shape index (κ3) is 3.95. The van der Waals surface area contributed by atoms with Gasteiger partial charge in [-0.3, -0.25) is 4.79 Å². The van der Waals surface area contributed by atoms with Gasteiger partial charge < -0.3 is 11.1 Å². The molecule has 3 nitrogen and oxygen atoms in total. The van der Waals surface area contributed by atoms with Gasteiger partial charge in [-0.1, -0.05) is 33.1 Å². The molecule has 0 aromatic carbocycles. The summed E-state index contributed by atoms with van der Waals surface area (Å²) >= 11 is 0. The van der Waals surface area contributed by atoms with Gasteiger partial charge in [0.05, 0.1) is 0 Å². The van der Waals surface area contributed by atoms with E-state index in [-0.39, 0.29) is 17.9 Å². The van der Waals surface area contributed by atoms with E-state index in [1.54, 1.807) is 0 Å². The molecule has 3 unspecified atom stereocenters. The lowest BCUT2D eigenvalue weighted by Crippen LogP contribution is -2.45. The Balaban J connectivity index is 1.74. The Morgan fingerprint density at radius 2 is 1.79 bits per heavy atom. The van der Waals surface area contributed by atoms with Gasteiger partial charge in [-0.2, -0.15) is 0 Å². The van der Waals surface area contributed by atoms with Gasteiger partial charge in [-0.15, -0.1) is 0 Å². The second kappa shape index (κ2) is 6.74. The highest BCUT2D eigenvalue weighted by Gasteiger charge is 2.32. The van der Waals surface area contributed by atoms with Crippen LogP contribution in [-0.2, 0) is 4.79 Å². The molecule has 2 aliphatic carbocycles. The summed E-state index contributed by atoms with van der Waals surface area (Å²) in [4.78, 5) is 12.3. The Morgan fingerprint density at radius 1 is 1.11 bits per heavy atom. The van der Waals surface area contributed by atoms with Crippen LogP contribution in [0.5, 0.6) is 0 Å². The quantitative estimate of drug-likeness (QED) is 0.825. The summed E-state index contributed by atoms with van der Waals surface area (Å²) in [6.45, 7) is 5.35. The number of hydrogen-bond donors (Lipinski definition) is 2. The van der Waals surface area contributed by atoms with Gasteiger partial charge in [-0.05, 0) is 43.4 Å². The fourth-order valence-electron chi connectivity index (χ4n) is 3.68. The van der Waals surface area contributed by atoms with Gasteiger partial charge in [-0.25, -0.2) is 0 Å². The molecule has 2 fully saturated rings. The van der Waals surface area contributed by atoms with Crippen molar-refractivity contribution in [2.24, 2.45) is 29.4 Å². The summed E-state index contributed by atoms with van der Waals surface area (Å²) in [5.74, 6) is 2.31. The number of nitrogens with one attached hydrogen (secondary N) is 1. The molecule has 0 spiro atoms. The maximum absolute atomic E-state index is 12.3. The van der Waals surface area contributed by atoms with E-state index in [0.717, 1.165) is 31.7 Å². The highest BCUT2D eigenvalue weighted by molar-refractivity contribution is 5.79. The average molecular weight is 266 g/mol. The number of hydrogen-bond acceptors (Lipinski definition) is 2. The fraction of sp³-hybridized carbons (Fsp3) is 0.938. The zero-order valence-corrected chi connectivity index (χ0v) is 12.5. The third-order valence-corrected chi connectivity index (χ3v) is 5.40. The molecule has 0 aliphatic heterocycles. The largest absolute Gasteiger partial charge is 0.356 e. The van der Waals surface area contributed by atoms with Gasteiger partial charge >= 0.3 is 0 Å². The van der Waals surface area contributed by atoms with Crippen molar-refractivity contribution in [1.29, 1.82) is 0 Å². The second-order valence-corrected chi connectivity index (χ2v) is 6.93. The van der Waals surface area contributed by atoms with Crippen molar-refractivity contribution in [2.45, 2.75) is 64.8 Å². The minimum absolute atomic E-state index is 0.145. The van der Waals surface area contributed by atoms with E-state index in [0.29, 0.717) is 11.8 Å². The standard InChI is InChI=1S/C16H30N2O/c1-11-6-8-13(9-7-11)10-18-16(19)14-4-3-5-15(17)12(14)2/h11-15H,3-10,17H2,1-2H3,(H,18,19). The van der Waals surface area contributed by atoms with Crippen molar-refractivity contribution in [1.82, 2.24) is 5.32 Å². The van der Waals surface area contributed by atoms with Crippen LogP contribution >= 0.6 is 0 Å². The summed E-state index contributed by atoms with van der Waals surface area (Å²) in [7, 11) is 0. The Bertz CT molecular complexity index is 297. The van der Waals surface area contributed by atoms with Crippen LogP contribution in [0.15, 0.2) is 0 Å². The van der Waals surface area contributed by atoms with E-state index in [1.165, 1.54) is 25.7 Å². The molecule has 3 N–H and O–H groups in total. The monoisotopic (exact) mass is 266 g/mol. The first-order valence-corrected chi connectivity index (χ1v) is 8.11. The lowest BCUT2D eigenvalue weighted by Gasteiger charge is -2.33. The first kappa shape index (κ1) is 14.8. The van der Waals surface area contributed by atoms with Crippen molar-refractivity contribution in [3.63, 3.8) is 0 Å². The summed E-state index contributed by atoms with van der Waals surface area (Å²) in [6, 6.07) is 0.208. The molecule has 3 heteroatoms. The van der Waals surface area contributed by atoms with Crippen LogP contribution < -0.4 is 11.1 Å². The van der Waals surface area contributed by atoms with Crippen LogP contribution in [-0.4, -0.2) is 18.5 Å². The molecule has 2 rings (SSSR count). The molecule has 19 heavy (non-hydrogen) atoms. The van der Waals surface area contributed by atoms with Crippen LogP contribution in [0.25, 0.3) is 0 Å². The number of carbonyl (C=O) groups excluding carboxylic acids is 1. The van der Waals surface area contributed by atoms with Crippen molar-refractivity contribution in [2.75, 3.05) is 6.54 Å². The number of nitrogens with two attached hydrogens (primary N) is 1. The Hall–Kier alpha value is -0.570. The van der Waals surface area contributed by atoms with Gasteiger partial charge in [0.2, 0.25) is 5.91 Å². The van der Waals surface area contributed by atoms with E-state index in [4.69, 9.17) is 5.73 Å². The van der Waals surface area contributed by atoms with E-state index in [9.17, 15) is 4.79 Å². The molecule has 3 atom stereocenters. The molecule has 0 bridgehead atoms. The fourth-order valence-corrected chi connectivity index (χ4v) is 3.68. The SMILES string of the molecule is CC1CCC(CNC(=O)C2CCCC(N)C2C)CC1. The highest BCUT2D eigenvalue weighted by Crippen LogP contribution is 2.30. The van der Waals surface area contributed by atoms with Crippen LogP contribution in [0.2, 0.25) is 0 Å². The maximum atomic E-state index is 12.3. The van der Waals surface area contributed by atoms with Gasteiger partial charge in [0.15, 0.2) is 0 Å². The van der Waals surface area contributed by atoms with Gasteiger partial charge in [0.1, 0.15) is 0 Å². The molecule has 0 radical (unpaired) electrons. The Morgan fingerprint density at radius 3 is 2.47 bits per heavy atom. The summed E-state index contributed by atoms with van der Waals surface area (Å²) in [5, 5.41) is 3.19. The first-order valence-electron chi connectivity index (χ1n) is 8.11. The molecular formula is C16H30N2O. The summed E-state index contributed by atoms with van der Waals surface area (Å²) in [5.41, 5.74) is 6.08. The van der Waals surface area contributed by atoms with E-state index >= 15 is 0 Å². The predicted molar refractivity (Wildman–Crippen MR) is 78.6 cm³/mol. The lowest BCUT2D eigenvalue weighted by atomic mass is 9.76. The summed E-state index contributed by atoms with van der Waals surface area (Å²) in [6.07, 6.45) is 8.40. The third-order valence-electron chi connectivity index (χ3n) is 5.40. The molecule has 110 valence electrons. The topological polar surface area (TPSA) is 55.1 Å². The van der Waals surface area contributed by atoms with E-state index in [1.807, 2.05) is 0 Å². The second-order valence-electron chi connectivity index (χ2n) is 6.93. The maximum Gasteiger partial charge on any atom is 0.223 e. The molecule has 0 aromatic rings. The summed E-state index contributed by atoms with van der Waals surface area (Å²) < 4.78 is 0. The van der Waals surface area contributed by atoms with E-state index < -0.39 is 0 Å². The minimum atomic E-state index is 0.145. The molecular weight excluding hydrogens is 236 g/mol. The highest BCUT2D eigenvalue weighted by atomic mass is 16.1. The molecule has 2 saturated carbocycles. The van der Waals surface area contributed by atoms with Gasteiger partial charge in [0.25, 0.3) is 0 Å². The Labute approximate surface area is 117 Å². The predicted octanol–water partition coefficient (Wildman–Crippen LogP) is 2.69. The molecule has 0 aromatic heterocycles. The zero-order valence-electron chi connectivity index (χ0n) is 12.5. The van der Waals surface area contributed by atoms with Gasteiger partial charge in [0, 0.05) is 18.5 Å². The van der Waals surface area contributed by atoms with Crippen molar-refractivity contribution >= 4 is 5.91 Å². The first-order chi connectivity index (χ1) is 9.08. The average Bonchev–Trinajstić information content (AvgIpc) is 2.41. The molecule has 1 amide bonds. The van der Waals surface area contributed by atoms with Crippen molar-refractivity contribution in [3.05, 3.63) is 0 Å². The lowest BCUT2D eigenvalue weighted by molar-refractivity contribution is -0.128. The smallest absolute Gasteiger partial charge is 0.223 e. The van der Waals surface area contributed by atoms with Crippen molar-refractivity contribution in [3.8, 4) is 0 Å². The number of amides is 1. The molecule has 0 heterocycles. The van der Waals surface area contributed by atoms with Crippen molar-refractivity contribution < 1.29 is 4.79 Å². The van der Waals surface area contributed by atoms with Crippen LogP contribution in [0.1, 0.15) is 58.8 Å². The number of carbonyl (C=O) groups is 1. The number of rotatable bonds is 3. The van der Waals surface area contributed by atoms with Crippen LogP contribution in [0.3, 0.4) is 0 Å². The van der Waals surface area contributed by atoms with Crippen LogP contribution in [0.4, 0.5) is 0 Å². The normalized spacial score (nSPS) is 39.8. The van der Waals surface area contributed by atoms with E-state index in [2.05, 4.69) is 19.2 Å². The minimum Gasteiger partial charge on any atom is -0.356 e. The van der Waals surface area contributed by atoms with Crippen LogP contribution in [0, 0.1) is 23.7 Å². The molecule has 0 saturated heterocycles. The zero-order chi connectivity index (χ0) is 13.8.